The number of urea groups is 1. The van der Waals surface area contributed by atoms with Crippen molar-refractivity contribution in [3.63, 3.8) is 0 Å². The third-order valence-corrected chi connectivity index (χ3v) is 5.35. The number of carbonyl (C=O) groups is 2. The van der Waals surface area contributed by atoms with Gasteiger partial charge in [0.2, 0.25) is 5.91 Å². The number of likely N-dealkylation sites (tertiary alicyclic amines) is 1. The van der Waals surface area contributed by atoms with Crippen molar-refractivity contribution in [2.24, 2.45) is 11.8 Å². The monoisotopic (exact) mass is 361 g/mol. The van der Waals surface area contributed by atoms with Crippen LogP contribution >= 0.6 is 0 Å². The summed E-state index contributed by atoms with van der Waals surface area (Å²) in [7, 11) is 0. The number of piperidine rings is 1. The molecule has 0 spiro atoms. The van der Waals surface area contributed by atoms with Gasteiger partial charge in [0.1, 0.15) is 5.82 Å². The fourth-order valence-corrected chi connectivity index (χ4v) is 3.59. The molecule has 1 saturated carbocycles. The normalized spacial score (nSPS) is 22.8. The van der Waals surface area contributed by atoms with Gasteiger partial charge < -0.3 is 15.5 Å². The third-order valence-electron chi connectivity index (χ3n) is 5.35. The molecule has 26 heavy (non-hydrogen) atoms. The van der Waals surface area contributed by atoms with E-state index in [-0.39, 0.29) is 29.6 Å². The van der Waals surface area contributed by atoms with Gasteiger partial charge in [-0.1, -0.05) is 12.1 Å². The van der Waals surface area contributed by atoms with Crippen LogP contribution in [0.15, 0.2) is 18.2 Å². The number of halogens is 1. The lowest BCUT2D eigenvalue weighted by molar-refractivity contribution is -0.126. The van der Waals surface area contributed by atoms with E-state index in [1.165, 1.54) is 18.9 Å². The average Bonchev–Trinajstić information content (AvgIpc) is 3.46. The Morgan fingerprint density at radius 1 is 1.23 bits per heavy atom. The highest BCUT2D eigenvalue weighted by atomic mass is 19.1. The minimum atomic E-state index is -0.236. The van der Waals surface area contributed by atoms with Gasteiger partial charge in [-0.2, -0.15) is 0 Å². The van der Waals surface area contributed by atoms with Gasteiger partial charge in [-0.25, -0.2) is 9.18 Å². The van der Waals surface area contributed by atoms with E-state index in [0.29, 0.717) is 37.5 Å². The second kappa shape index (κ2) is 8.06. The van der Waals surface area contributed by atoms with Crippen molar-refractivity contribution in [3.05, 3.63) is 35.1 Å². The van der Waals surface area contributed by atoms with E-state index in [1.807, 2.05) is 13.0 Å². The minimum absolute atomic E-state index is 0.0229. The zero-order valence-corrected chi connectivity index (χ0v) is 15.6. The predicted molar refractivity (Wildman–Crippen MR) is 98.4 cm³/mol. The topological polar surface area (TPSA) is 61.4 Å². The summed E-state index contributed by atoms with van der Waals surface area (Å²) in [5.41, 5.74) is 1.57. The molecule has 5 nitrogen and oxygen atoms in total. The van der Waals surface area contributed by atoms with Crippen molar-refractivity contribution in [2.75, 3.05) is 26.2 Å². The number of aryl methyl sites for hydroxylation is 1. The van der Waals surface area contributed by atoms with E-state index in [9.17, 15) is 14.0 Å². The first-order valence-corrected chi connectivity index (χ1v) is 9.54. The zero-order chi connectivity index (χ0) is 18.7. The number of hydrogen-bond acceptors (Lipinski definition) is 2. The molecule has 0 unspecified atom stereocenters. The van der Waals surface area contributed by atoms with Gasteiger partial charge in [0.05, 0.1) is 5.92 Å². The lowest BCUT2D eigenvalue weighted by Gasteiger charge is -2.37. The summed E-state index contributed by atoms with van der Waals surface area (Å²) >= 11 is 0. The summed E-state index contributed by atoms with van der Waals surface area (Å²) in [5, 5.41) is 5.86. The summed E-state index contributed by atoms with van der Waals surface area (Å²) in [6, 6.07) is 4.93. The van der Waals surface area contributed by atoms with E-state index in [0.717, 1.165) is 12.1 Å². The molecule has 0 aromatic heterocycles. The first-order valence-electron chi connectivity index (χ1n) is 9.54. The van der Waals surface area contributed by atoms with Crippen LogP contribution in [0, 0.1) is 24.6 Å². The molecule has 1 aliphatic carbocycles. The van der Waals surface area contributed by atoms with Crippen LogP contribution in [0.5, 0.6) is 0 Å². The summed E-state index contributed by atoms with van der Waals surface area (Å²) in [4.78, 5) is 26.7. The molecular formula is C20H28FN3O2. The second-order valence-electron chi connectivity index (χ2n) is 7.57. The Hall–Kier alpha value is -2.11. The van der Waals surface area contributed by atoms with E-state index < -0.39 is 0 Å². The zero-order valence-electron chi connectivity index (χ0n) is 15.6. The fraction of sp³-hybridized carbons (Fsp3) is 0.600. The molecule has 1 saturated heterocycles. The SMILES string of the molecule is CCNC(=O)N1C[C@@H](C(=O)NCC2CC2)C[C@H](c2ccc(F)c(C)c2)C1. The molecule has 2 fully saturated rings. The molecule has 2 atom stereocenters. The first kappa shape index (κ1) is 18.7. The summed E-state index contributed by atoms with van der Waals surface area (Å²) in [5.74, 6) is 0.207. The van der Waals surface area contributed by atoms with E-state index in [1.54, 1.807) is 17.9 Å². The molecule has 1 aromatic carbocycles. The van der Waals surface area contributed by atoms with Gasteiger partial charge in [0, 0.05) is 32.1 Å². The number of nitrogens with one attached hydrogen (secondary N) is 2. The van der Waals surface area contributed by atoms with Crippen LogP contribution in [0.1, 0.15) is 43.2 Å². The van der Waals surface area contributed by atoms with Crippen LogP contribution < -0.4 is 10.6 Å². The average molecular weight is 361 g/mol. The second-order valence-corrected chi connectivity index (χ2v) is 7.57. The molecular weight excluding hydrogens is 333 g/mol. The molecule has 142 valence electrons. The van der Waals surface area contributed by atoms with E-state index in [4.69, 9.17) is 0 Å². The highest BCUT2D eigenvalue weighted by Gasteiger charge is 2.35. The van der Waals surface area contributed by atoms with Crippen LogP contribution in [0.4, 0.5) is 9.18 Å². The standard InChI is InChI=1S/C20H28FN3O2/c1-3-22-20(26)24-11-16(15-6-7-18(21)13(2)8-15)9-17(12-24)19(25)23-10-14-4-5-14/h6-8,14,16-17H,3-5,9-12H2,1-2H3,(H,22,26)(H,23,25)/t16-,17-/m0/s1. The van der Waals surface area contributed by atoms with Crippen molar-refractivity contribution in [2.45, 2.75) is 39.0 Å². The van der Waals surface area contributed by atoms with Crippen LogP contribution in [-0.2, 0) is 4.79 Å². The molecule has 1 aliphatic heterocycles. The molecule has 2 aliphatic rings. The molecule has 2 N–H and O–H groups in total. The summed E-state index contributed by atoms with van der Waals surface area (Å²) in [6.45, 7) is 5.87. The largest absolute Gasteiger partial charge is 0.356 e. The molecule has 1 heterocycles. The Labute approximate surface area is 154 Å². The Bertz CT molecular complexity index is 675. The van der Waals surface area contributed by atoms with Crippen molar-refractivity contribution >= 4 is 11.9 Å². The number of carbonyl (C=O) groups excluding carboxylic acids is 2. The van der Waals surface area contributed by atoms with Crippen LogP contribution in [0.2, 0.25) is 0 Å². The third kappa shape index (κ3) is 4.54. The lowest BCUT2D eigenvalue weighted by Crippen LogP contribution is -2.51. The lowest BCUT2D eigenvalue weighted by atomic mass is 9.83. The summed E-state index contributed by atoms with van der Waals surface area (Å²) < 4.78 is 13.6. The van der Waals surface area contributed by atoms with Gasteiger partial charge in [0.25, 0.3) is 0 Å². The number of nitrogens with zero attached hydrogens (tertiary/aromatic N) is 1. The number of benzene rings is 1. The molecule has 0 bridgehead atoms. The van der Waals surface area contributed by atoms with Crippen molar-refractivity contribution < 1.29 is 14.0 Å². The van der Waals surface area contributed by atoms with Gasteiger partial charge in [0.15, 0.2) is 0 Å². The molecule has 0 radical (unpaired) electrons. The van der Waals surface area contributed by atoms with E-state index in [2.05, 4.69) is 10.6 Å². The highest BCUT2D eigenvalue weighted by Crippen LogP contribution is 2.32. The van der Waals surface area contributed by atoms with Crippen LogP contribution in [-0.4, -0.2) is 43.0 Å². The number of amides is 3. The fourth-order valence-electron chi connectivity index (χ4n) is 3.59. The smallest absolute Gasteiger partial charge is 0.317 e. The van der Waals surface area contributed by atoms with Gasteiger partial charge in [-0.05, 0) is 56.2 Å². The van der Waals surface area contributed by atoms with E-state index >= 15 is 0 Å². The number of hydrogen-bond donors (Lipinski definition) is 2. The van der Waals surface area contributed by atoms with Gasteiger partial charge in [-0.15, -0.1) is 0 Å². The van der Waals surface area contributed by atoms with Crippen molar-refractivity contribution in [1.29, 1.82) is 0 Å². The quantitative estimate of drug-likeness (QED) is 0.847. The molecule has 3 rings (SSSR count). The number of rotatable bonds is 5. The molecule has 1 aromatic rings. The van der Waals surface area contributed by atoms with Crippen molar-refractivity contribution in [1.82, 2.24) is 15.5 Å². The maximum Gasteiger partial charge on any atom is 0.317 e. The van der Waals surface area contributed by atoms with Crippen LogP contribution in [0.3, 0.4) is 0 Å². The minimum Gasteiger partial charge on any atom is -0.356 e. The highest BCUT2D eigenvalue weighted by molar-refractivity contribution is 5.81. The van der Waals surface area contributed by atoms with Crippen molar-refractivity contribution in [3.8, 4) is 0 Å². The Morgan fingerprint density at radius 2 is 2.00 bits per heavy atom. The Kier molecular flexibility index (Phi) is 5.79. The van der Waals surface area contributed by atoms with Crippen LogP contribution in [0.25, 0.3) is 0 Å². The molecule has 3 amide bonds. The maximum atomic E-state index is 13.6. The van der Waals surface area contributed by atoms with Gasteiger partial charge >= 0.3 is 6.03 Å². The summed E-state index contributed by atoms with van der Waals surface area (Å²) in [6.07, 6.45) is 3.05. The molecule has 6 heteroatoms. The van der Waals surface area contributed by atoms with Gasteiger partial charge in [-0.3, -0.25) is 4.79 Å². The Morgan fingerprint density at radius 3 is 2.65 bits per heavy atom. The maximum absolute atomic E-state index is 13.6. The predicted octanol–water partition coefficient (Wildman–Crippen LogP) is 2.80. The first-order chi connectivity index (χ1) is 12.5. The Balaban J connectivity index is 1.74.